The summed E-state index contributed by atoms with van der Waals surface area (Å²) in [5.41, 5.74) is 3.08. The number of hydrogen-bond acceptors (Lipinski definition) is 2. The molecule has 3 rings (SSSR count). The van der Waals surface area contributed by atoms with Crippen LogP contribution in [0.25, 0.3) is 22.3 Å². The first-order valence-corrected chi connectivity index (χ1v) is 6.27. The number of nitrogens with one attached hydrogen (secondary N) is 1. The van der Waals surface area contributed by atoms with E-state index in [9.17, 15) is 4.79 Å². The number of hydrogen-bond donors (Lipinski definition) is 1. The number of rotatable bonds is 1. The lowest BCUT2D eigenvalue weighted by Crippen LogP contribution is -2.05. The predicted octanol–water partition coefficient (Wildman–Crippen LogP) is 3.55. The Morgan fingerprint density at radius 2 is 2.05 bits per heavy atom. The Labute approximate surface area is 114 Å². The van der Waals surface area contributed by atoms with E-state index in [0.29, 0.717) is 16.1 Å². The second kappa shape index (κ2) is 4.52. The first-order chi connectivity index (χ1) is 9.15. The highest BCUT2D eigenvalue weighted by Gasteiger charge is 2.07. The van der Waals surface area contributed by atoms with E-state index >= 15 is 0 Å². The Hall–Kier alpha value is -2.13. The highest BCUT2D eigenvalue weighted by Crippen LogP contribution is 2.21. The smallest absolute Gasteiger partial charge is 0.191 e. The van der Waals surface area contributed by atoms with Crippen molar-refractivity contribution in [2.45, 2.75) is 6.92 Å². The molecule has 19 heavy (non-hydrogen) atoms. The number of fused-ring (bicyclic) bond motifs is 1. The molecular formula is C15H11ClN2O. The van der Waals surface area contributed by atoms with Crippen LogP contribution in [0.2, 0.25) is 5.02 Å². The minimum absolute atomic E-state index is 0.0330. The first-order valence-electron chi connectivity index (χ1n) is 5.90. The Bertz CT molecular complexity index is 824. The number of halogens is 1. The number of pyridine rings is 2. The third-order valence-corrected chi connectivity index (χ3v) is 3.30. The summed E-state index contributed by atoms with van der Waals surface area (Å²) < 4.78 is 0. The monoisotopic (exact) mass is 270 g/mol. The van der Waals surface area contributed by atoms with Gasteiger partial charge in [0.2, 0.25) is 0 Å². The molecule has 0 spiro atoms. The van der Waals surface area contributed by atoms with Crippen LogP contribution in [0.4, 0.5) is 0 Å². The number of aromatic amines is 1. The molecule has 0 unspecified atom stereocenters. The van der Waals surface area contributed by atoms with Gasteiger partial charge in [0.1, 0.15) is 5.65 Å². The number of nitrogens with zero attached hydrogens (tertiary/aromatic N) is 1. The summed E-state index contributed by atoms with van der Waals surface area (Å²) in [5, 5.41) is 1.27. The molecule has 0 saturated heterocycles. The van der Waals surface area contributed by atoms with Gasteiger partial charge in [-0.3, -0.25) is 4.79 Å². The molecule has 0 amide bonds. The molecule has 0 aliphatic rings. The van der Waals surface area contributed by atoms with Crippen LogP contribution < -0.4 is 5.43 Å². The van der Waals surface area contributed by atoms with Gasteiger partial charge in [0.25, 0.3) is 0 Å². The van der Waals surface area contributed by atoms with Crippen LogP contribution in [0.15, 0.2) is 47.4 Å². The molecule has 0 saturated carbocycles. The average molecular weight is 271 g/mol. The zero-order valence-electron chi connectivity index (χ0n) is 10.3. The second-order valence-electron chi connectivity index (χ2n) is 4.41. The molecule has 0 bridgehead atoms. The summed E-state index contributed by atoms with van der Waals surface area (Å²) in [6.07, 6.45) is 1.69. The Morgan fingerprint density at radius 3 is 2.84 bits per heavy atom. The lowest BCUT2D eigenvalue weighted by atomic mass is 10.1. The number of H-pyrrole nitrogens is 1. The van der Waals surface area contributed by atoms with Crippen molar-refractivity contribution in [1.82, 2.24) is 9.97 Å². The van der Waals surface area contributed by atoms with Gasteiger partial charge < -0.3 is 4.98 Å². The van der Waals surface area contributed by atoms with Gasteiger partial charge in [-0.15, -0.1) is 0 Å². The quantitative estimate of drug-likeness (QED) is 0.735. The van der Waals surface area contributed by atoms with Crippen LogP contribution >= 0.6 is 11.6 Å². The lowest BCUT2D eigenvalue weighted by Gasteiger charge is -2.05. The van der Waals surface area contributed by atoms with Gasteiger partial charge in [-0.05, 0) is 36.2 Å². The summed E-state index contributed by atoms with van der Waals surface area (Å²) in [6, 6.07) is 10.8. The third kappa shape index (κ3) is 2.13. The topological polar surface area (TPSA) is 45.8 Å². The predicted molar refractivity (Wildman–Crippen MR) is 77.5 cm³/mol. The van der Waals surface area contributed by atoms with Gasteiger partial charge in [0.15, 0.2) is 5.43 Å². The summed E-state index contributed by atoms with van der Waals surface area (Å²) in [7, 11) is 0. The third-order valence-electron chi connectivity index (χ3n) is 3.07. The van der Waals surface area contributed by atoms with Crippen molar-refractivity contribution >= 4 is 22.6 Å². The highest BCUT2D eigenvalue weighted by atomic mass is 35.5. The van der Waals surface area contributed by atoms with Crippen LogP contribution in [-0.4, -0.2) is 9.97 Å². The molecule has 3 nitrogen and oxygen atoms in total. The molecule has 2 heterocycles. The first kappa shape index (κ1) is 11.9. The van der Waals surface area contributed by atoms with Crippen molar-refractivity contribution in [1.29, 1.82) is 0 Å². The van der Waals surface area contributed by atoms with Crippen LogP contribution in [0, 0.1) is 6.92 Å². The minimum atomic E-state index is -0.0330. The molecule has 3 aromatic rings. The van der Waals surface area contributed by atoms with Gasteiger partial charge >= 0.3 is 0 Å². The van der Waals surface area contributed by atoms with E-state index in [2.05, 4.69) is 9.97 Å². The van der Waals surface area contributed by atoms with Crippen LogP contribution in [0.1, 0.15) is 5.56 Å². The second-order valence-corrected chi connectivity index (χ2v) is 4.85. The molecule has 0 aliphatic heterocycles. The summed E-state index contributed by atoms with van der Waals surface area (Å²) in [5.74, 6) is 0. The van der Waals surface area contributed by atoms with E-state index in [4.69, 9.17) is 11.6 Å². The van der Waals surface area contributed by atoms with E-state index in [1.807, 2.05) is 31.2 Å². The van der Waals surface area contributed by atoms with Crippen LogP contribution in [-0.2, 0) is 0 Å². The van der Waals surface area contributed by atoms with E-state index in [1.165, 1.54) is 0 Å². The van der Waals surface area contributed by atoms with E-state index in [0.717, 1.165) is 16.8 Å². The van der Waals surface area contributed by atoms with Crippen molar-refractivity contribution in [3.63, 3.8) is 0 Å². The van der Waals surface area contributed by atoms with Gasteiger partial charge in [0, 0.05) is 17.3 Å². The molecule has 0 radical (unpaired) electrons. The highest BCUT2D eigenvalue weighted by molar-refractivity contribution is 6.30. The lowest BCUT2D eigenvalue weighted by molar-refractivity contribution is 1.26. The summed E-state index contributed by atoms with van der Waals surface area (Å²) in [6.45, 7) is 1.90. The fourth-order valence-electron chi connectivity index (χ4n) is 2.14. The Balaban J connectivity index is 2.30. The normalized spacial score (nSPS) is 10.8. The average Bonchev–Trinajstić information content (AvgIpc) is 2.38. The zero-order chi connectivity index (χ0) is 13.4. The van der Waals surface area contributed by atoms with Gasteiger partial charge in [-0.1, -0.05) is 23.7 Å². The van der Waals surface area contributed by atoms with Crippen molar-refractivity contribution in [2.75, 3.05) is 0 Å². The Kier molecular flexibility index (Phi) is 2.84. The van der Waals surface area contributed by atoms with Crippen molar-refractivity contribution < 1.29 is 0 Å². The SMILES string of the molecule is Cc1ccnc2[nH]c(-c3cccc(Cl)c3)cc(=O)c12. The molecule has 1 aromatic carbocycles. The number of aryl methyl sites for hydroxylation is 1. The largest absolute Gasteiger partial charge is 0.339 e. The van der Waals surface area contributed by atoms with Gasteiger partial charge in [-0.2, -0.15) is 0 Å². The molecule has 0 aliphatic carbocycles. The molecule has 4 heteroatoms. The number of benzene rings is 1. The van der Waals surface area contributed by atoms with Crippen molar-refractivity contribution in [2.24, 2.45) is 0 Å². The van der Waals surface area contributed by atoms with E-state index in [-0.39, 0.29) is 5.43 Å². The zero-order valence-corrected chi connectivity index (χ0v) is 11.0. The standard InChI is InChI=1S/C15H11ClN2O/c1-9-5-6-17-15-14(9)13(19)8-12(18-15)10-3-2-4-11(16)7-10/h2-8H,1H3,(H,17,18,19). The van der Waals surface area contributed by atoms with Crippen LogP contribution in [0.5, 0.6) is 0 Å². The Morgan fingerprint density at radius 1 is 1.21 bits per heavy atom. The maximum Gasteiger partial charge on any atom is 0.191 e. The van der Waals surface area contributed by atoms with E-state index in [1.54, 1.807) is 18.3 Å². The molecule has 2 aromatic heterocycles. The molecule has 94 valence electrons. The maximum atomic E-state index is 12.2. The fraction of sp³-hybridized carbons (Fsp3) is 0.0667. The number of aromatic nitrogens is 2. The van der Waals surface area contributed by atoms with Gasteiger partial charge in [0.05, 0.1) is 11.1 Å². The maximum absolute atomic E-state index is 12.2. The van der Waals surface area contributed by atoms with Crippen molar-refractivity contribution in [3.8, 4) is 11.3 Å². The fourth-order valence-corrected chi connectivity index (χ4v) is 2.33. The van der Waals surface area contributed by atoms with E-state index < -0.39 is 0 Å². The summed E-state index contributed by atoms with van der Waals surface area (Å²) in [4.78, 5) is 19.6. The minimum Gasteiger partial charge on any atom is -0.339 e. The summed E-state index contributed by atoms with van der Waals surface area (Å²) >= 11 is 5.97. The van der Waals surface area contributed by atoms with Crippen molar-refractivity contribution in [3.05, 3.63) is 63.4 Å². The molecule has 0 atom stereocenters. The van der Waals surface area contributed by atoms with Crippen LogP contribution in [0.3, 0.4) is 0 Å². The molecular weight excluding hydrogens is 260 g/mol. The molecule has 0 fully saturated rings. The van der Waals surface area contributed by atoms with Gasteiger partial charge in [-0.25, -0.2) is 4.98 Å². The molecule has 1 N–H and O–H groups in total.